The molecule has 1 aromatic heterocycles. The lowest BCUT2D eigenvalue weighted by atomic mass is 10.1. The molecule has 0 radical (unpaired) electrons. The molecule has 2 heterocycles. The van der Waals surface area contributed by atoms with Gasteiger partial charge in [-0.15, -0.1) is 11.3 Å². The fraction of sp³-hybridized carbons (Fsp3) is 0.455. The molecule has 8 nitrogen and oxygen atoms in total. The Balaban J connectivity index is 2.07. The van der Waals surface area contributed by atoms with Crippen LogP contribution in [0.2, 0.25) is 0 Å². The Hall–Kier alpha value is -2.43. The fourth-order valence-corrected chi connectivity index (χ4v) is 5.68. The number of amides is 1. The summed E-state index contributed by atoms with van der Waals surface area (Å²) < 4.78 is 31.4. The van der Waals surface area contributed by atoms with E-state index >= 15 is 0 Å². The minimum absolute atomic E-state index is 0.0418. The zero-order chi connectivity index (χ0) is 23.6. The average Bonchev–Trinajstić information content (AvgIpc) is 3.06. The number of rotatable bonds is 6. The first-order valence-corrected chi connectivity index (χ1v) is 12.6. The van der Waals surface area contributed by atoms with Crippen LogP contribution < -0.4 is 10.2 Å². The van der Waals surface area contributed by atoms with E-state index < -0.39 is 21.9 Å². The van der Waals surface area contributed by atoms with Crippen molar-refractivity contribution in [2.45, 2.75) is 38.0 Å². The lowest BCUT2D eigenvalue weighted by Crippen LogP contribution is -2.32. The minimum Gasteiger partial charge on any atom is -0.465 e. The second-order valence-corrected chi connectivity index (χ2v) is 11.3. The van der Waals surface area contributed by atoms with E-state index in [1.54, 1.807) is 13.0 Å². The number of hydrogen-bond acceptors (Lipinski definition) is 7. The summed E-state index contributed by atoms with van der Waals surface area (Å²) in [5, 5.41) is 3.23. The molecule has 1 aromatic carbocycles. The van der Waals surface area contributed by atoms with Gasteiger partial charge in [0.1, 0.15) is 5.00 Å². The zero-order valence-corrected chi connectivity index (χ0v) is 20.7. The average molecular weight is 480 g/mol. The van der Waals surface area contributed by atoms with Crippen LogP contribution in [0.15, 0.2) is 23.1 Å². The molecule has 10 heteroatoms. The maximum atomic E-state index is 13.4. The molecular weight excluding hydrogens is 450 g/mol. The SMILES string of the molecule is COC(=O)c1c(NC(=O)c2cc(S(=O)(=O)N(C)C)ccc2N2CCCCC2)sc(C)c1C. The Morgan fingerprint density at radius 1 is 1.12 bits per heavy atom. The van der Waals surface area contributed by atoms with E-state index in [0.29, 0.717) is 16.3 Å². The molecule has 0 unspecified atom stereocenters. The van der Waals surface area contributed by atoms with Crippen molar-refractivity contribution >= 4 is 43.9 Å². The van der Waals surface area contributed by atoms with E-state index in [-0.39, 0.29) is 10.5 Å². The number of aryl methyl sites for hydroxylation is 1. The summed E-state index contributed by atoms with van der Waals surface area (Å²) in [7, 11) is 0.482. The van der Waals surface area contributed by atoms with Gasteiger partial charge in [0.25, 0.3) is 5.91 Å². The summed E-state index contributed by atoms with van der Waals surface area (Å²) in [4.78, 5) is 28.8. The molecule has 1 aliphatic rings. The van der Waals surface area contributed by atoms with Gasteiger partial charge in [-0.25, -0.2) is 17.5 Å². The monoisotopic (exact) mass is 479 g/mol. The van der Waals surface area contributed by atoms with E-state index in [0.717, 1.165) is 47.1 Å². The van der Waals surface area contributed by atoms with Crippen LogP contribution in [0.25, 0.3) is 0 Å². The summed E-state index contributed by atoms with van der Waals surface area (Å²) in [5.41, 5.74) is 2.01. The predicted molar refractivity (Wildman–Crippen MR) is 126 cm³/mol. The van der Waals surface area contributed by atoms with E-state index in [4.69, 9.17) is 4.74 Å². The number of benzene rings is 1. The number of nitrogens with one attached hydrogen (secondary N) is 1. The van der Waals surface area contributed by atoms with Crippen LogP contribution >= 0.6 is 11.3 Å². The maximum absolute atomic E-state index is 13.4. The molecule has 0 aliphatic carbocycles. The standard InChI is InChI=1S/C22H29N3O5S2/c1-14-15(2)31-21(19(14)22(27)30-5)23-20(26)17-13-16(32(28,29)24(3)4)9-10-18(17)25-11-7-6-8-12-25/h9-10,13H,6-8,11-12H2,1-5H3,(H,23,26). The third-order valence-corrected chi connectivity index (χ3v) is 8.62. The van der Waals surface area contributed by atoms with Crippen molar-refractivity contribution in [1.29, 1.82) is 0 Å². The van der Waals surface area contributed by atoms with Crippen molar-refractivity contribution in [2.75, 3.05) is 44.5 Å². The topological polar surface area (TPSA) is 96.0 Å². The largest absolute Gasteiger partial charge is 0.465 e. The first-order chi connectivity index (χ1) is 15.1. The number of carbonyl (C=O) groups excluding carboxylic acids is 2. The number of nitrogens with zero attached hydrogens (tertiary/aromatic N) is 2. The number of esters is 1. The third kappa shape index (κ3) is 4.67. The molecule has 2 aromatic rings. The number of methoxy groups -OCH3 is 1. The van der Waals surface area contributed by atoms with Gasteiger partial charge in [0.05, 0.1) is 23.1 Å². The zero-order valence-electron chi connectivity index (χ0n) is 19.0. The number of hydrogen-bond donors (Lipinski definition) is 1. The van der Waals surface area contributed by atoms with Crippen LogP contribution in [0, 0.1) is 13.8 Å². The van der Waals surface area contributed by atoms with Gasteiger partial charge in [0.2, 0.25) is 10.0 Å². The molecule has 0 saturated carbocycles. The van der Waals surface area contributed by atoms with Gasteiger partial charge in [0.15, 0.2) is 0 Å². The summed E-state index contributed by atoms with van der Waals surface area (Å²) in [6.45, 7) is 5.26. The number of carbonyl (C=O) groups is 2. The number of ether oxygens (including phenoxy) is 1. The predicted octanol–water partition coefficient (Wildman–Crippen LogP) is 3.64. The van der Waals surface area contributed by atoms with Crippen LogP contribution in [0.4, 0.5) is 10.7 Å². The second-order valence-electron chi connectivity index (χ2n) is 7.95. The second kappa shape index (κ2) is 9.60. The molecule has 1 amide bonds. The molecule has 0 atom stereocenters. The van der Waals surface area contributed by atoms with Crippen molar-refractivity contribution in [3.63, 3.8) is 0 Å². The van der Waals surface area contributed by atoms with Crippen LogP contribution in [-0.4, -0.2) is 58.9 Å². The van der Waals surface area contributed by atoms with Gasteiger partial charge >= 0.3 is 5.97 Å². The third-order valence-electron chi connectivity index (χ3n) is 5.69. The van der Waals surface area contributed by atoms with E-state index in [2.05, 4.69) is 10.2 Å². The van der Waals surface area contributed by atoms with E-state index in [1.807, 2.05) is 6.92 Å². The van der Waals surface area contributed by atoms with Crippen LogP contribution in [0.1, 0.15) is 50.4 Å². The normalized spacial score (nSPS) is 14.5. The van der Waals surface area contributed by atoms with Gasteiger partial charge in [-0.05, 0) is 56.9 Å². The van der Waals surface area contributed by atoms with Crippen molar-refractivity contribution in [3.05, 3.63) is 39.8 Å². The highest BCUT2D eigenvalue weighted by atomic mass is 32.2. The summed E-state index contributed by atoms with van der Waals surface area (Å²) in [5.74, 6) is -0.991. The first-order valence-electron chi connectivity index (χ1n) is 10.4. The molecular formula is C22H29N3O5S2. The molecule has 32 heavy (non-hydrogen) atoms. The van der Waals surface area contributed by atoms with E-state index in [9.17, 15) is 18.0 Å². The lowest BCUT2D eigenvalue weighted by Gasteiger charge is -2.30. The number of anilines is 2. The van der Waals surface area contributed by atoms with Crippen molar-refractivity contribution in [2.24, 2.45) is 0 Å². The van der Waals surface area contributed by atoms with Crippen LogP contribution in [-0.2, 0) is 14.8 Å². The number of piperidine rings is 1. The van der Waals surface area contributed by atoms with Crippen molar-refractivity contribution < 1.29 is 22.7 Å². The van der Waals surface area contributed by atoms with Crippen LogP contribution in [0.5, 0.6) is 0 Å². The summed E-state index contributed by atoms with van der Waals surface area (Å²) in [6, 6.07) is 4.65. The summed E-state index contributed by atoms with van der Waals surface area (Å²) >= 11 is 1.29. The highest BCUT2D eigenvalue weighted by Crippen LogP contribution is 2.35. The van der Waals surface area contributed by atoms with Crippen molar-refractivity contribution in [3.8, 4) is 0 Å². The molecule has 1 N–H and O–H groups in total. The van der Waals surface area contributed by atoms with Crippen LogP contribution in [0.3, 0.4) is 0 Å². The lowest BCUT2D eigenvalue weighted by molar-refractivity contribution is 0.0601. The van der Waals surface area contributed by atoms with Gasteiger partial charge in [-0.2, -0.15) is 0 Å². The molecule has 1 aliphatic heterocycles. The molecule has 0 spiro atoms. The Labute approximate surface area is 193 Å². The molecule has 0 bridgehead atoms. The highest BCUT2D eigenvalue weighted by Gasteiger charge is 2.27. The molecule has 174 valence electrons. The molecule has 3 rings (SSSR count). The highest BCUT2D eigenvalue weighted by molar-refractivity contribution is 7.89. The minimum atomic E-state index is -3.72. The van der Waals surface area contributed by atoms with Gasteiger partial charge < -0.3 is 15.0 Å². The molecule has 1 saturated heterocycles. The quantitative estimate of drug-likeness (QED) is 0.636. The number of thiophene rings is 1. The Morgan fingerprint density at radius 3 is 2.38 bits per heavy atom. The van der Waals surface area contributed by atoms with Gasteiger partial charge in [0, 0.05) is 37.7 Å². The first kappa shape index (κ1) is 24.2. The maximum Gasteiger partial charge on any atom is 0.341 e. The Kier molecular flexibility index (Phi) is 7.26. The van der Waals surface area contributed by atoms with E-state index in [1.165, 1.54) is 44.7 Å². The Bertz CT molecular complexity index is 1130. The van der Waals surface area contributed by atoms with Gasteiger partial charge in [-0.3, -0.25) is 4.79 Å². The van der Waals surface area contributed by atoms with Gasteiger partial charge in [-0.1, -0.05) is 0 Å². The smallest absolute Gasteiger partial charge is 0.341 e. The number of sulfonamides is 1. The summed E-state index contributed by atoms with van der Waals surface area (Å²) in [6.07, 6.45) is 3.14. The van der Waals surface area contributed by atoms with Crippen molar-refractivity contribution in [1.82, 2.24) is 4.31 Å². The fourth-order valence-electron chi connectivity index (χ4n) is 3.71. The molecule has 1 fully saturated rings. The Morgan fingerprint density at radius 2 is 1.78 bits per heavy atom.